The van der Waals surface area contributed by atoms with E-state index in [2.05, 4.69) is 12.2 Å². The van der Waals surface area contributed by atoms with E-state index in [4.69, 9.17) is 10.5 Å². The number of amides is 4. The fraction of sp³-hybridized carbons (Fsp3) is 0.833. The summed E-state index contributed by atoms with van der Waals surface area (Å²) < 4.78 is 5.34. The summed E-state index contributed by atoms with van der Waals surface area (Å²) in [6.45, 7) is 5.98. The first-order valence-electron chi connectivity index (χ1n) is 9.76. The van der Waals surface area contributed by atoms with Crippen molar-refractivity contribution in [1.29, 1.82) is 0 Å². The second-order valence-electron chi connectivity index (χ2n) is 7.08. The highest BCUT2D eigenvalue weighted by molar-refractivity contribution is 6.01. The number of nitrogens with one attached hydrogen (secondary N) is 1. The molecule has 2 aliphatic heterocycles. The molecule has 148 valence electrons. The van der Waals surface area contributed by atoms with Gasteiger partial charge in [-0.05, 0) is 19.3 Å². The van der Waals surface area contributed by atoms with Crippen LogP contribution in [0.2, 0.25) is 0 Å². The maximum Gasteiger partial charge on any atom is 0.325 e. The molecular formula is C18H32N4O4. The van der Waals surface area contributed by atoms with Crippen molar-refractivity contribution in [1.82, 2.24) is 15.1 Å². The van der Waals surface area contributed by atoms with Crippen molar-refractivity contribution >= 4 is 17.8 Å². The van der Waals surface area contributed by atoms with Crippen LogP contribution in [0, 0.1) is 5.92 Å². The van der Waals surface area contributed by atoms with Gasteiger partial charge in [0, 0.05) is 19.7 Å². The van der Waals surface area contributed by atoms with Gasteiger partial charge in [-0.15, -0.1) is 0 Å². The topological polar surface area (TPSA) is 105 Å². The number of carbonyl (C=O) groups excluding carboxylic acids is 3. The zero-order valence-corrected chi connectivity index (χ0v) is 15.9. The first-order valence-corrected chi connectivity index (χ1v) is 9.76. The van der Waals surface area contributed by atoms with Gasteiger partial charge >= 0.3 is 6.03 Å². The molecule has 3 unspecified atom stereocenters. The number of nitrogens with two attached hydrogens (primary N) is 1. The Morgan fingerprint density at radius 2 is 2.00 bits per heavy atom. The van der Waals surface area contributed by atoms with E-state index in [9.17, 15) is 14.4 Å². The third-order valence-corrected chi connectivity index (χ3v) is 5.10. The highest BCUT2D eigenvalue weighted by Crippen LogP contribution is 2.22. The minimum Gasteiger partial charge on any atom is -0.381 e. The normalized spacial score (nSPS) is 26.1. The zero-order valence-electron chi connectivity index (χ0n) is 15.9. The molecule has 2 fully saturated rings. The number of nitrogens with zero attached hydrogens (tertiary/aromatic N) is 2. The summed E-state index contributed by atoms with van der Waals surface area (Å²) in [4.78, 5) is 40.8. The average molecular weight is 368 g/mol. The molecule has 2 rings (SSSR count). The standard InChI is InChI=1S/C18H32N4O4/c1-3-5-7-10-21(17(24)13-8-11-26-12-13)14-15(19)22(9-6-4-2)18(25)20-16(14)23/h13-15H,3-12,19H2,1-2H3,(H,20,23,25). The minimum absolute atomic E-state index is 0.0982. The summed E-state index contributed by atoms with van der Waals surface area (Å²) in [5, 5.41) is 2.38. The molecule has 0 spiro atoms. The number of ether oxygens (including phenoxy) is 1. The average Bonchev–Trinajstić information content (AvgIpc) is 3.14. The smallest absolute Gasteiger partial charge is 0.325 e. The summed E-state index contributed by atoms with van der Waals surface area (Å²) in [5.74, 6) is -0.823. The molecule has 0 aromatic heterocycles. The number of carbonyl (C=O) groups is 3. The fourth-order valence-electron chi connectivity index (χ4n) is 3.50. The molecule has 0 saturated carbocycles. The van der Waals surface area contributed by atoms with Gasteiger partial charge in [-0.3, -0.25) is 14.9 Å². The van der Waals surface area contributed by atoms with E-state index in [1.54, 1.807) is 4.90 Å². The third kappa shape index (κ3) is 4.73. The molecule has 0 radical (unpaired) electrons. The van der Waals surface area contributed by atoms with Crippen LogP contribution in [0.3, 0.4) is 0 Å². The number of hydrogen-bond acceptors (Lipinski definition) is 5. The van der Waals surface area contributed by atoms with Crippen molar-refractivity contribution in [2.75, 3.05) is 26.3 Å². The summed E-state index contributed by atoms with van der Waals surface area (Å²) in [6, 6.07) is -1.33. The van der Waals surface area contributed by atoms with Crippen LogP contribution in [0.5, 0.6) is 0 Å². The van der Waals surface area contributed by atoms with E-state index in [1.807, 2.05) is 6.92 Å². The van der Waals surface area contributed by atoms with Crippen LogP contribution in [-0.4, -0.2) is 66.2 Å². The lowest BCUT2D eigenvalue weighted by Gasteiger charge is -2.43. The van der Waals surface area contributed by atoms with Crippen molar-refractivity contribution < 1.29 is 19.1 Å². The lowest BCUT2D eigenvalue weighted by Crippen LogP contribution is -2.71. The summed E-state index contributed by atoms with van der Waals surface area (Å²) >= 11 is 0. The van der Waals surface area contributed by atoms with Crippen LogP contribution in [0.25, 0.3) is 0 Å². The number of imide groups is 1. The second-order valence-corrected chi connectivity index (χ2v) is 7.08. The Hall–Kier alpha value is -1.67. The Labute approximate surface area is 155 Å². The number of hydrogen-bond donors (Lipinski definition) is 2. The maximum atomic E-state index is 13.0. The van der Waals surface area contributed by atoms with Crippen LogP contribution in [0.4, 0.5) is 4.79 Å². The van der Waals surface area contributed by atoms with Gasteiger partial charge in [0.25, 0.3) is 5.91 Å². The highest BCUT2D eigenvalue weighted by atomic mass is 16.5. The van der Waals surface area contributed by atoms with Crippen LogP contribution in [0.15, 0.2) is 0 Å². The molecule has 4 amide bonds. The molecule has 2 aliphatic rings. The zero-order chi connectivity index (χ0) is 19.1. The predicted octanol–water partition coefficient (Wildman–Crippen LogP) is 1.05. The van der Waals surface area contributed by atoms with Gasteiger partial charge < -0.3 is 20.3 Å². The number of rotatable bonds is 9. The maximum absolute atomic E-state index is 13.0. The Bertz CT molecular complexity index is 507. The second kappa shape index (κ2) is 9.87. The predicted molar refractivity (Wildman–Crippen MR) is 97.1 cm³/mol. The molecule has 0 aromatic carbocycles. The van der Waals surface area contributed by atoms with E-state index < -0.39 is 24.1 Å². The van der Waals surface area contributed by atoms with E-state index in [0.717, 1.165) is 32.1 Å². The molecule has 0 aromatic rings. The third-order valence-electron chi connectivity index (χ3n) is 5.10. The van der Waals surface area contributed by atoms with E-state index in [1.165, 1.54) is 4.90 Å². The number of urea groups is 1. The summed E-state index contributed by atoms with van der Waals surface area (Å²) in [7, 11) is 0. The van der Waals surface area contributed by atoms with Crippen molar-refractivity contribution in [3.63, 3.8) is 0 Å². The Morgan fingerprint density at radius 3 is 2.62 bits per heavy atom. The quantitative estimate of drug-likeness (QED) is 0.592. The van der Waals surface area contributed by atoms with Gasteiger partial charge in [0.15, 0.2) is 0 Å². The Morgan fingerprint density at radius 1 is 1.27 bits per heavy atom. The van der Waals surface area contributed by atoms with Gasteiger partial charge in [-0.2, -0.15) is 0 Å². The van der Waals surface area contributed by atoms with Crippen LogP contribution < -0.4 is 11.1 Å². The lowest BCUT2D eigenvalue weighted by atomic mass is 10.0. The van der Waals surface area contributed by atoms with Gasteiger partial charge in [0.2, 0.25) is 5.91 Å². The fourth-order valence-corrected chi connectivity index (χ4v) is 3.50. The van der Waals surface area contributed by atoms with Gasteiger partial charge in [0.1, 0.15) is 12.2 Å². The minimum atomic E-state index is -0.852. The van der Waals surface area contributed by atoms with Gasteiger partial charge in [0.05, 0.1) is 12.5 Å². The van der Waals surface area contributed by atoms with E-state index in [-0.39, 0.29) is 11.8 Å². The molecule has 26 heavy (non-hydrogen) atoms. The van der Waals surface area contributed by atoms with Crippen molar-refractivity contribution in [3.8, 4) is 0 Å². The molecule has 0 bridgehead atoms. The largest absolute Gasteiger partial charge is 0.381 e. The highest BCUT2D eigenvalue weighted by Gasteiger charge is 2.45. The molecule has 2 heterocycles. The van der Waals surface area contributed by atoms with Crippen LogP contribution in [0.1, 0.15) is 52.4 Å². The first-order chi connectivity index (χ1) is 12.5. The molecule has 8 nitrogen and oxygen atoms in total. The van der Waals surface area contributed by atoms with Crippen molar-refractivity contribution in [2.45, 2.75) is 64.6 Å². The van der Waals surface area contributed by atoms with E-state index >= 15 is 0 Å². The SMILES string of the molecule is CCCCCN(C(=O)C1CCOC1)C1C(=O)NC(=O)N(CCCC)C1N. The van der Waals surface area contributed by atoms with Crippen molar-refractivity contribution in [2.24, 2.45) is 11.7 Å². The molecule has 0 aliphatic carbocycles. The molecule has 2 saturated heterocycles. The van der Waals surface area contributed by atoms with Gasteiger partial charge in [-0.1, -0.05) is 33.1 Å². The van der Waals surface area contributed by atoms with Crippen LogP contribution in [-0.2, 0) is 14.3 Å². The van der Waals surface area contributed by atoms with Crippen molar-refractivity contribution in [3.05, 3.63) is 0 Å². The monoisotopic (exact) mass is 368 g/mol. The summed E-state index contributed by atoms with van der Waals surface area (Å²) in [5.41, 5.74) is 6.31. The number of unbranched alkanes of at least 4 members (excludes halogenated alkanes) is 3. The molecular weight excluding hydrogens is 336 g/mol. The molecule has 8 heteroatoms. The molecule has 3 atom stereocenters. The Kier molecular flexibility index (Phi) is 7.84. The first kappa shape index (κ1) is 20.6. The van der Waals surface area contributed by atoms with Crippen LogP contribution >= 0.6 is 0 Å². The Balaban J connectivity index is 2.20. The summed E-state index contributed by atoms with van der Waals surface area (Å²) in [6.07, 6.45) is 4.32. The molecule has 3 N–H and O–H groups in total. The van der Waals surface area contributed by atoms with Gasteiger partial charge in [-0.25, -0.2) is 4.79 Å². The van der Waals surface area contributed by atoms with E-state index in [0.29, 0.717) is 32.7 Å². The lowest BCUT2D eigenvalue weighted by molar-refractivity contribution is -0.147.